The lowest BCUT2D eigenvalue weighted by molar-refractivity contribution is -0.114. The van der Waals surface area contributed by atoms with Crippen molar-refractivity contribution in [3.63, 3.8) is 0 Å². The van der Waals surface area contributed by atoms with Gasteiger partial charge in [-0.3, -0.25) is 9.52 Å². The summed E-state index contributed by atoms with van der Waals surface area (Å²) in [7, 11) is -4.90. The van der Waals surface area contributed by atoms with Gasteiger partial charge in [-0.1, -0.05) is 48.5 Å². The molecule has 5 rings (SSSR count). The zero-order chi connectivity index (χ0) is 23.2. The molecule has 3 aromatic rings. The minimum absolute atomic E-state index is 0.153. The molecule has 0 saturated heterocycles. The van der Waals surface area contributed by atoms with Crippen LogP contribution in [0.25, 0.3) is 16.0 Å². The first kappa shape index (κ1) is 21.6. The van der Waals surface area contributed by atoms with Crippen molar-refractivity contribution < 1.29 is 22.2 Å². The molecule has 0 aromatic heterocycles. The number of fused-ring (bicyclic) bond motifs is 1. The van der Waals surface area contributed by atoms with Crippen molar-refractivity contribution in [1.29, 1.82) is 0 Å². The second kappa shape index (κ2) is 8.28. The third kappa shape index (κ3) is 4.12. The fourth-order valence-electron chi connectivity index (χ4n) is 4.40. The van der Waals surface area contributed by atoms with Gasteiger partial charge in [0.2, 0.25) is 0 Å². The number of hydrogen-bond donors (Lipinski definition) is 1. The van der Waals surface area contributed by atoms with E-state index in [0.717, 1.165) is 29.5 Å². The fourth-order valence-corrected chi connectivity index (χ4v) is 6.22. The molecule has 33 heavy (non-hydrogen) atoms. The Hall–Kier alpha value is -3.23. The number of amides is 1. The van der Waals surface area contributed by atoms with Gasteiger partial charge < -0.3 is 4.74 Å². The van der Waals surface area contributed by atoms with Gasteiger partial charge in [-0.15, -0.1) is 0 Å². The largest absolute Gasteiger partial charge is 0.486 e. The summed E-state index contributed by atoms with van der Waals surface area (Å²) in [6.07, 6.45) is 3.98. The highest BCUT2D eigenvalue weighted by molar-refractivity contribution is 7.94. The van der Waals surface area contributed by atoms with E-state index in [-0.39, 0.29) is 12.0 Å². The average Bonchev–Trinajstić information content (AvgIpc) is 3.36. The molecule has 2 aliphatic rings. The van der Waals surface area contributed by atoms with Crippen LogP contribution < -0.4 is 9.46 Å². The van der Waals surface area contributed by atoms with Crippen LogP contribution in [-0.2, 0) is 32.0 Å². The lowest BCUT2D eigenvalue weighted by Crippen LogP contribution is -2.16. The summed E-state index contributed by atoms with van der Waals surface area (Å²) in [4.78, 5) is 12.2. The summed E-state index contributed by atoms with van der Waals surface area (Å²) in [5.74, 6) is 0.307. The highest BCUT2D eigenvalue weighted by atomic mass is 32.2. The van der Waals surface area contributed by atoms with Crippen LogP contribution in [0.5, 0.6) is 5.75 Å². The molecular formula is C25H21NO5S2. The van der Waals surface area contributed by atoms with E-state index >= 15 is 0 Å². The molecule has 1 N–H and O–H groups in total. The van der Waals surface area contributed by atoms with E-state index in [2.05, 4.69) is 4.72 Å². The van der Waals surface area contributed by atoms with E-state index < -0.39 is 20.8 Å². The molecule has 168 valence electrons. The van der Waals surface area contributed by atoms with Crippen molar-refractivity contribution in [3.05, 3.63) is 89.5 Å². The minimum atomic E-state index is -3.36. The minimum Gasteiger partial charge on any atom is -0.486 e. The van der Waals surface area contributed by atoms with E-state index in [4.69, 9.17) is 4.74 Å². The Kier molecular flexibility index (Phi) is 5.42. The molecular weight excluding hydrogens is 458 g/mol. The standard InChI is InChI=1S/C25H21NO5S2/c1-33(29,30)24-8-3-2-5-21(24)18-6-4-7-20-19(18)13-14-22(20)31-17-11-9-16(10-12-17)23-15-25(27)26-32(23)28/h2-12,15,22H,13-14H2,1H3,(H,26,27)/t22-,32?/m1/s1. The van der Waals surface area contributed by atoms with Crippen LogP contribution in [0, 0.1) is 0 Å². The third-order valence-electron chi connectivity index (χ3n) is 5.86. The van der Waals surface area contributed by atoms with Gasteiger partial charge in [-0.2, -0.15) is 0 Å². The molecule has 3 aromatic carbocycles. The number of benzene rings is 3. The monoisotopic (exact) mass is 479 g/mol. The fraction of sp³-hybridized carbons (Fsp3) is 0.160. The highest BCUT2D eigenvalue weighted by Crippen LogP contribution is 2.41. The molecule has 0 fully saturated rings. The van der Waals surface area contributed by atoms with Crippen LogP contribution in [0.15, 0.2) is 77.7 Å². The first-order valence-corrected chi connectivity index (χ1v) is 13.5. The molecule has 6 nitrogen and oxygen atoms in total. The van der Waals surface area contributed by atoms with E-state index in [1.54, 1.807) is 36.4 Å². The van der Waals surface area contributed by atoms with Gasteiger partial charge >= 0.3 is 0 Å². The van der Waals surface area contributed by atoms with Gasteiger partial charge in [0.15, 0.2) is 20.8 Å². The Morgan fingerprint density at radius 3 is 2.39 bits per heavy atom. The Labute approximate surface area is 194 Å². The topological polar surface area (TPSA) is 89.5 Å². The number of carbonyl (C=O) groups is 1. The van der Waals surface area contributed by atoms with Crippen LogP contribution in [-0.4, -0.2) is 24.8 Å². The van der Waals surface area contributed by atoms with Gasteiger partial charge in [-0.25, -0.2) is 12.6 Å². The Balaban J connectivity index is 1.43. The van der Waals surface area contributed by atoms with Crippen LogP contribution in [0.2, 0.25) is 0 Å². The van der Waals surface area contributed by atoms with Crippen LogP contribution >= 0.6 is 0 Å². The van der Waals surface area contributed by atoms with Gasteiger partial charge in [0.1, 0.15) is 11.9 Å². The third-order valence-corrected chi connectivity index (χ3v) is 8.16. The molecule has 1 amide bonds. The van der Waals surface area contributed by atoms with E-state index in [9.17, 15) is 17.4 Å². The Morgan fingerprint density at radius 2 is 1.70 bits per heavy atom. The number of sulfone groups is 1. The maximum absolute atomic E-state index is 12.3. The molecule has 2 atom stereocenters. The molecule has 8 heteroatoms. The summed E-state index contributed by atoms with van der Waals surface area (Å²) < 4.78 is 45.2. The van der Waals surface area contributed by atoms with Crippen molar-refractivity contribution in [3.8, 4) is 16.9 Å². The summed E-state index contributed by atoms with van der Waals surface area (Å²) >= 11 is 0. The molecule has 1 aliphatic carbocycles. The van der Waals surface area contributed by atoms with Gasteiger partial charge in [0.25, 0.3) is 5.91 Å². The predicted octanol–water partition coefficient (Wildman–Crippen LogP) is 3.96. The van der Waals surface area contributed by atoms with Gasteiger partial charge in [0.05, 0.1) is 9.80 Å². The Morgan fingerprint density at radius 1 is 0.970 bits per heavy atom. The SMILES string of the molecule is CS(=O)(=O)c1ccccc1-c1cccc2c1CC[C@H]2Oc1ccc(C2=CC(=O)NS2=O)cc1. The van der Waals surface area contributed by atoms with Crippen molar-refractivity contribution in [2.45, 2.75) is 23.8 Å². The predicted molar refractivity (Wildman–Crippen MR) is 127 cm³/mol. The summed E-state index contributed by atoms with van der Waals surface area (Å²) in [5.41, 5.74) is 4.48. The second-order valence-electron chi connectivity index (χ2n) is 8.05. The molecule has 1 unspecified atom stereocenters. The maximum atomic E-state index is 12.3. The molecule has 0 bridgehead atoms. The average molecular weight is 480 g/mol. The first-order chi connectivity index (χ1) is 15.8. The van der Waals surface area contributed by atoms with Gasteiger partial charge in [0, 0.05) is 17.9 Å². The number of hydrogen-bond acceptors (Lipinski definition) is 5. The molecule has 0 spiro atoms. The molecule has 1 heterocycles. The lowest BCUT2D eigenvalue weighted by atomic mass is 9.96. The van der Waals surface area contributed by atoms with Crippen LogP contribution in [0.3, 0.4) is 0 Å². The van der Waals surface area contributed by atoms with Crippen molar-refractivity contribution in [1.82, 2.24) is 4.72 Å². The second-order valence-corrected chi connectivity index (χ2v) is 11.2. The molecule has 0 radical (unpaired) electrons. The van der Waals surface area contributed by atoms with Crippen LogP contribution in [0.4, 0.5) is 0 Å². The molecule has 1 aliphatic heterocycles. The normalized spacial score (nSPS) is 19.7. The van der Waals surface area contributed by atoms with E-state index in [1.165, 1.54) is 12.3 Å². The number of nitrogens with one attached hydrogen (secondary N) is 1. The zero-order valence-electron chi connectivity index (χ0n) is 17.8. The van der Waals surface area contributed by atoms with Crippen molar-refractivity contribution >= 4 is 31.6 Å². The summed E-state index contributed by atoms with van der Waals surface area (Å²) in [6, 6.07) is 20.2. The van der Waals surface area contributed by atoms with Crippen molar-refractivity contribution in [2.75, 3.05) is 6.26 Å². The van der Waals surface area contributed by atoms with Crippen LogP contribution in [0.1, 0.15) is 29.2 Å². The number of carbonyl (C=O) groups excluding carboxylic acids is 1. The van der Waals surface area contributed by atoms with E-state index in [1.807, 2.05) is 30.3 Å². The van der Waals surface area contributed by atoms with E-state index in [0.29, 0.717) is 26.7 Å². The number of rotatable bonds is 5. The summed E-state index contributed by atoms with van der Waals surface area (Å²) in [5, 5.41) is 0. The summed E-state index contributed by atoms with van der Waals surface area (Å²) in [6.45, 7) is 0. The zero-order valence-corrected chi connectivity index (χ0v) is 19.4. The maximum Gasteiger partial charge on any atom is 0.257 e. The molecule has 0 saturated carbocycles. The Bertz CT molecular complexity index is 1430. The lowest BCUT2D eigenvalue weighted by Gasteiger charge is -2.17. The van der Waals surface area contributed by atoms with Crippen molar-refractivity contribution in [2.24, 2.45) is 0 Å². The van der Waals surface area contributed by atoms with Gasteiger partial charge in [-0.05, 0) is 53.3 Å². The first-order valence-electron chi connectivity index (χ1n) is 10.4. The highest BCUT2D eigenvalue weighted by Gasteiger charge is 2.28. The number of ether oxygens (including phenoxy) is 1. The quantitative estimate of drug-likeness (QED) is 0.598. The smallest absolute Gasteiger partial charge is 0.257 e.